The molecule has 3 rings (SSSR count). The molecule has 7 heteroatoms. The van der Waals surface area contributed by atoms with Crippen LogP contribution in [0.15, 0.2) is 30.5 Å². The second kappa shape index (κ2) is 5.25. The fourth-order valence-electron chi connectivity index (χ4n) is 1.86. The van der Waals surface area contributed by atoms with Crippen LogP contribution < -0.4 is 5.32 Å². The van der Waals surface area contributed by atoms with Crippen molar-refractivity contribution in [1.82, 2.24) is 14.8 Å². The summed E-state index contributed by atoms with van der Waals surface area (Å²) in [5.74, 6) is -0.645. The van der Waals surface area contributed by atoms with Gasteiger partial charge in [-0.3, -0.25) is 14.8 Å². The van der Waals surface area contributed by atoms with E-state index in [1.165, 1.54) is 23.5 Å². The molecule has 0 spiro atoms. The number of nitrogens with zero attached hydrogens (tertiary/aromatic N) is 3. The quantitative estimate of drug-likeness (QED) is 0.806. The van der Waals surface area contributed by atoms with Crippen molar-refractivity contribution in [3.63, 3.8) is 0 Å². The first-order valence-electron chi connectivity index (χ1n) is 6.45. The van der Waals surface area contributed by atoms with Crippen molar-refractivity contribution in [2.24, 2.45) is 0 Å². The molecule has 0 saturated carbocycles. The summed E-state index contributed by atoms with van der Waals surface area (Å²) in [6.45, 7) is 3.97. The second-order valence-corrected chi connectivity index (χ2v) is 5.89. The summed E-state index contributed by atoms with van der Waals surface area (Å²) in [4.78, 5) is 16.3. The summed E-state index contributed by atoms with van der Waals surface area (Å²) in [5.41, 5.74) is 0.985. The molecule has 108 valence electrons. The minimum absolute atomic E-state index is 0.192. The van der Waals surface area contributed by atoms with Gasteiger partial charge >= 0.3 is 0 Å². The number of carbonyl (C=O) groups is 1. The lowest BCUT2D eigenvalue weighted by molar-refractivity contribution is 0.102. The molecule has 3 aromatic rings. The van der Waals surface area contributed by atoms with E-state index >= 15 is 0 Å². The van der Waals surface area contributed by atoms with Crippen molar-refractivity contribution < 1.29 is 9.18 Å². The van der Waals surface area contributed by atoms with E-state index in [0.717, 1.165) is 0 Å². The van der Waals surface area contributed by atoms with E-state index in [9.17, 15) is 9.18 Å². The number of anilines is 1. The number of hydrogen-bond donors (Lipinski definition) is 1. The zero-order chi connectivity index (χ0) is 15.0. The van der Waals surface area contributed by atoms with Crippen molar-refractivity contribution in [2.75, 3.05) is 5.32 Å². The van der Waals surface area contributed by atoms with E-state index in [0.29, 0.717) is 21.0 Å². The van der Waals surface area contributed by atoms with Crippen LogP contribution in [0.5, 0.6) is 0 Å². The smallest absolute Gasteiger partial charge is 0.277 e. The first-order chi connectivity index (χ1) is 10.0. The summed E-state index contributed by atoms with van der Waals surface area (Å²) >= 11 is 1.23. The monoisotopic (exact) mass is 304 g/mol. The maximum Gasteiger partial charge on any atom is 0.277 e. The van der Waals surface area contributed by atoms with Crippen LogP contribution in [0.4, 0.5) is 9.52 Å². The van der Waals surface area contributed by atoms with E-state index in [1.807, 2.05) is 13.8 Å². The van der Waals surface area contributed by atoms with Crippen LogP contribution in [0, 0.1) is 5.82 Å². The van der Waals surface area contributed by atoms with Gasteiger partial charge in [0.1, 0.15) is 5.82 Å². The van der Waals surface area contributed by atoms with E-state index in [2.05, 4.69) is 15.4 Å². The molecule has 5 nitrogen and oxygen atoms in total. The van der Waals surface area contributed by atoms with Gasteiger partial charge in [0.2, 0.25) is 0 Å². The molecular formula is C14H13FN4OS. The average Bonchev–Trinajstić information content (AvgIpc) is 3.03. The molecule has 0 bridgehead atoms. The van der Waals surface area contributed by atoms with Crippen LogP contribution in [-0.2, 0) is 0 Å². The number of halogens is 1. The number of fused-ring (bicyclic) bond motifs is 1. The number of carbonyl (C=O) groups excluding carboxylic acids is 1. The molecule has 2 heterocycles. The number of amides is 1. The highest BCUT2D eigenvalue weighted by molar-refractivity contribution is 7.22. The van der Waals surface area contributed by atoms with E-state index in [-0.39, 0.29) is 17.8 Å². The van der Waals surface area contributed by atoms with Crippen molar-refractivity contribution in [3.8, 4) is 0 Å². The molecule has 0 radical (unpaired) electrons. The van der Waals surface area contributed by atoms with Crippen LogP contribution in [0.1, 0.15) is 30.4 Å². The van der Waals surface area contributed by atoms with Gasteiger partial charge in [-0.1, -0.05) is 11.3 Å². The Morgan fingerprint density at radius 3 is 2.90 bits per heavy atom. The Labute approximate surface area is 124 Å². The largest absolute Gasteiger partial charge is 0.296 e. The summed E-state index contributed by atoms with van der Waals surface area (Å²) in [5, 5.41) is 7.32. The Balaban J connectivity index is 1.81. The van der Waals surface area contributed by atoms with E-state index in [1.54, 1.807) is 23.0 Å². The molecule has 1 aromatic carbocycles. The van der Waals surface area contributed by atoms with Crippen molar-refractivity contribution in [3.05, 3.63) is 42.0 Å². The second-order valence-electron chi connectivity index (χ2n) is 4.86. The zero-order valence-electron chi connectivity index (χ0n) is 11.5. The number of benzene rings is 1. The van der Waals surface area contributed by atoms with Gasteiger partial charge in [0.05, 0.1) is 10.2 Å². The maximum absolute atomic E-state index is 13.1. The number of aromatic nitrogens is 3. The van der Waals surface area contributed by atoms with Gasteiger partial charge in [0.25, 0.3) is 5.91 Å². The van der Waals surface area contributed by atoms with Gasteiger partial charge in [-0.05, 0) is 38.1 Å². The summed E-state index contributed by atoms with van der Waals surface area (Å²) in [6, 6.07) is 6.18. The van der Waals surface area contributed by atoms with Gasteiger partial charge in [-0.25, -0.2) is 9.37 Å². The van der Waals surface area contributed by atoms with Crippen LogP contribution in [0.2, 0.25) is 0 Å². The molecule has 0 atom stereocenters. The van der Waals surface area contributed by atoms with E-state index in [4.69, 9.17) is 0 Å². The van der Waals surface area contributed by atoms with Crippen molar-refractivity contribution in [1.29, 1.82) is 0 Å². The first-order valence-corrected chi connectivity index (χ1v) is 7.27. The third-order valence-electron chi connectivity index (χ3n) is 2.94. The molecule has 1 N–H and O–H groups in total. The Kier molecular flexibility index (Phi) is 3.42. The fourth-order valence-corrected chi connectivity index (χ4v) is 2.75. The van der Waals surface area contributed by atoms with Crippen molar-refractivity contribution in [2.45, 2.75) is 19.9 Å². The lowest BCUT2D eigenvalue weighted by Crippen LogP contribution is -2.13. The lowest BCUT2D eigenvalue weighted by atomic mass is 10.3. The standard InChI is InChI=1S/C14H13FN4OS/c1-8(2)19-6-5-11(18-19)13(20)17-14-16-10-4-3-9(15)7-12(10)21-14/h3-8H,1-2H3,(H,16,17,20). The molecular weight excluding hydrogens is 291 g/mol. The molecule has 1 amide bonds. The predicted molar refractivity (Wildman–Crippen MR) is 80.1 cm³/mol. The molecule has 2 aromatic heterocycles. The SMILES string of the molecule is CC(C)n1ccc(C(=O)Nc2nc3ccc(F)cc3s2)n1. The normalized spacial score (nSPS) is 11.2. The van der Waals surface area contributed by atoms with Gasteiger partial charge in [0.15, 0.2) is 10.8 Å². The Bertz CT molecular complexity index is 808. The maximum atomic E-state index is 13.1. The molecule has 0 aliphatic carbocycles. The molecule has 21 heavy (non-hydrogen) atoms. The molecule has 0 unspecified atom stereocenters. The van der Waals surface area contributed by atoms with Crippen LogP contribution in [-0.4, -0.2) is 20.7 Å². The van der Waals surface area contributed by atoms with Gasteiger partial charge in [0, 0.05) is 12.2 Å². The highest BCUT2D eigenvalue weighted by atomic mass is 32.1. The number of nitrogens with one attached hydrogen (secondary N) is 1. The Hall–Kier alpha value is -2.28. The summed E-state index contributed by atoms with van der Waals surface area (Å²) in [6.07, 6.45) is 1.76. The molecule has 0 saturated heterocycles. The number of rotatable bonds is 3. The van der Waals surface area contributed by atoms with Gasteiger partial charge < -0.3 is 0 Å². The average molecular weight is 304 g/mol. The Morgan fingerprint density at radius 2 is 2.19 bits per heavy atom. The number of thiazole rings is 1. The number of hydrogen-bond acceptors (Lipinski definition) is 4. The van der Waals surface area contributed by atoms with E-state index < -0.39 is 0 Å². The summed E-state index contributed by atoms with van der Waals surface area (Å²) in [7, 11) is 0. The predicted octanol–water partition coefficient (Wildman–Crippen LogP) is 3.47. The molecule has 0 aliphatic heterocycles. The minimum Gasteiger partial charge on any atom is -0.296 e. The third-order valence-corrected chi connectivity index (χ3v) is 3.87. The Morgan fingerprint density at radius 1 is 1.38 bits per heavy atom. The van der Waals surface area contributed by atoms with Gasteiger partial charge in [-0.15, -0.1) is 0 Å². The molecule has 0 fully saturated rings. The zero-order valence-corrected chi connectivity index (χ0v) is 12.3. The summed E-state index contributed by atoms with van der Waals surface area (Å²) < 4.78 is 15.5. The lowest BCUT2D eigenvalue weighted by Gasteiger charge is -2.03. The van der Waals surface area contributed by atoms with Gasteiger partial charge in [-0.2, -0.15) is 5.10 Å². The van der Waals surface area contributed by atoms with Crippen LogP contribution in [0.3, 0.4) is 0 Å². The van der Waals surface area contributed by atoms with Crippen LogP contribution in [0.25, 0.3) is 10.2 Å². The fraction of sp³-hybridized carbons (Fsp3) is 0.214. The van der Waals surface area contributed by atoms with Crippen LogP contribution >= 0.6 is 11.3 Å². The topological polar surface area (TPSA) is 59.8 Å². The third kappa shape index (κ3) is 2.78. The first kappa shape index (κ1) is 13.7. The minimum atomic E-state index is -0.325. The molecule has 0 aliphatic rings. The van der Waals surface area contributed by atoms with Crippen molar-refractivity contribution >= 4 is 32.6 Å². The highest BCUT2D eigenvalue weighted by Crippen LogP contribution is 2.26. The highest BCUT2D eigenvalue weighted by Gasteiger charge is 2.13.